The molecule has 1 aliphatic rings. The molecule has 0 bridgehead atoms. The number of hydrogen-bond acceptors (Lipinski definition) is 1. The smallest absolute Gasteiger partial charge is 0.317 e. The maximum absolute atomic E-state index is 12.7. The molecule has 0 aromatic rings. The number of piperidine rings is 1. The lowest BCUT2D eigenvalue weighted by Gasteiger charge is -2.31. The molecule has 14 heavy (non-hydrogen) atoms. The number of amides is 2. The molecule has 0 saturated carbocycles. The van der Waals surface area contributed by atoms with Crippen molar-refractivity contribution in [3.05, 3.63) is 0 Å². The highest BCUT2D eigenvalue weighted by Crippen LogP contribution is 2.26. The second-order valence-corrected chi connectivity index (χ2v) is 2.94. The van der Waals surface area contributed by atoms with Crippen molar-refractivity contribution in [3.8, 4) is 0 Å². The fourth-order valence-electron chi connectivity index (χ4n) is 1.30. The highest BCUT2D eigenvalue weighted by atomic mass is 19.3. The molecule has 0 unspecified atom stereocenters. The maximum atomic E-state index is 12.7. The van der Waals surface area contributed by atoms with Crippen molar-refractivity contribution in [3.63, 3.8) is 0 Å². The zero-order chi connectivity index (χ0) is 11.2. The quantitative estimate of drug-likeness (QED) is 0.654. The molecule has 0 aromatic carbocycles. The monoisotopic (exact) mass is 210 g/mol. The summed E-state index contributed by atoms with van der Waals surface area (Å²) in [6, 6.07) is -0.422. The van der Waals surface area contributed by atoms with E-state index < -0.39 is 18.5 Å². The predicted octanol–water partition coefficient (Wildman–Crippen LogP) is 2.33. The third-order valence-corrected chi connectivity index (χ3v) is 1.89. The highest BCUT2D eigenvalue weighted by molar-refractivity contribution is 5.73. The summed E-state index contributed by atoms with van der Waals surface area (Å²) in [6.45, 7) is 3.97. The van der Waals surface area contributed by atoms with E-state index in [4.69, 9.17) is 0 Å². The number of rotatable bonds is 0. The third kappa shape index (κ3) is 3.89. The van der Waals surface area contributed by atoms with Gasteiger partial charge in [-0.15, -0.1) is 0 Å². The Labute approximate surface area is 84.9 Å². The molecule has 2 amide bonds. The molecule has 1 saturated heterocycles. The Morgan fingerprint density at radius 2 is 2.07 bits per heavy atom. The van der Waals surface area contributed by atoms with Gasteiger partial charge < -0.3 is 10.2 Å². The van der Waals surface area contributed by atoms with Gasteiger partial charge in [-0.2, -0.15) is 0 Å². The molecule has 0 aliphatic carbocycles. The molecule has 86 valence electrons. The van der Waals surface area contributed by atoms with E-state index in [1.54, 1.807) is 0 Å². The van der Waals surface area contributed by atoms with Crippen LogP contribution in [0, 0.1) is 0 Å². The minimum atomic E-state index is -2.70. The Balaban J connectivity index is 0. The van der Waals surface area contributed by atoms with Crippen molar-refractivity contribution in [1.29, 1.82) is 0 Å². The summed E-state index contributed by atoms with van der Waals surface area (Å²) in [5.41, 5.74) is 0. The van der Waals surface area contributed by atoms with E-state index >= 15 is 0 Å². The van der Waals surface area contributed by atoms with Gasteiger partial charge in [0.15, 0.2) is 0 Å². The molecule has 3 nitrogen and oxygen atoms in total. The molecule has 1 aliphatic heterocycles. The van der Waals surface area contributed by atoms with Crippen molar-refractivity contribution >= 4 is 6.03 Å². The molecule has 1 heterocycles. The Morgan fingerprint density at radius 3 is 2.50 bits per heavy atom. The third-order valence-electron chi connectivity index (χ3n) is 1.89. The minimum absolute atomic E-state index is 0. The molecule has 0 aromatic heterocycles. The molecule has 5 heteroatoms. The number of carbonyl (C=O) groups excluding carboxylic acids is 1. The average Bonchev–Trinajstić information content (AvgIpc) is 2.18. The zero-order valence-corrected chi connectivity index (χ0v) is 8.94. The van der Waals surface area contributed by atoms with Crippen molar-refractivity contribution in [1.82, 2.24) is 10.2 Å². The molecule has 0 radical (unpaired) electrons. The van der Waals surface area contributed by atoms with Crippen LogP contribution in [0.1, 0.15) is 28.1 Å². The predicted molar refractivity (Wildman–Crippen MR) is 53.7 cm³/mol. The fraction of sp³-hybridized carbons (Fsp3) is 0.889. The van der Waals surface area contributed by atoms with Gasteiger partial charge in [0.05, 0.1) is 6.54 Å². The number of alkyl halides is 2. The first-order chi connectivity index (χ1) is 6.55. The van der Waals surface area contributed by atoms with Crippen LogP contribution in [0.3, 0.4) is 0 Å². The summed E-state index contributed by atoms with van der Waals surface area (Å²) >= 11 is 0. The summed E-state index contributed by atoms with van der Waals surface area (Å²) in [5.74, 6) is -2.70. The van der Waals surface area contributed by atoms with Gasteiger partial charge in [-0.3, -0.25) is 0 Å². The Hall–Kier alpha value is -0.870. The van der Waals surface area contributed by atoms with Crippen LogP contribution < -0.4 is 5.32 Å². The van der Waals surface area contributed by atoms with Crippen molar-refractivity contribution in [2.75, 3.05) is 20.1 Å². The molecule has 1 N–H and O–H groups in total. The van der Waals surface area contributed by atoms with Crippen LogP contribution >= 0.6 is 0 Å². The van der Waals surface area contributed by atoms with Gasteiger partial charge in [-0.1, -0.05) is 13.8 Å². The first kappa shape index (κ1) is 13.1. The van der Waals surface area contributed by atoms with Crippen LogP contribution in [0.25, 0.3) is 0 Å². The summed E-state index contributed by atoms with van der Waals surface area (Å²) < 4.78 is 25.5. The van der Waals surface area contributed by atoms with E-state index in [1.165, 1.54) is 7.05 Å². The normalized spacial score (nSPS) is 19.4. The summed E-state index contributed by atoms with van der Waals surface area (Å²) in [6.07, 6.45) is 0.265. The Bertz CT molecular complexity index is 191. The van der Waals surface area contributed by atoms with Gasteiger partial charge in [0.2, 0.25) is 0 Å². The van der Waals surface area contributed by atoms with Crippen LogP contribution in [-0.4, -0.2) is 37.0 Å². The van der Waals surface area contributed by atoms with Crippen LogP contribution in [-0.2, 0) is 0 Å². The first-order valence-corrected chi connectivity index (χ1v) is 4.90. The van der Waals surface area contributed by atoms with E-state index in [2.05, 4.69) is 5.32 Å². The van der Waals surface area contributed by atoms with E-state index in [0.29, 0.717) is 13.0 Å². The number of hydrogen-bond donors (Lipinski definition) is 1. The van der Waals surface area contributed by atoms with Gasteiger partial charge in [0.25, 0.3) is 5.92 Å². The standard InChI is InChI=1S/C7H12F2N2O.C2H6.H2/c1-10-6(12)11-4-2-3-7(8,9)5-11;1-2;/h2-5H2,1H3,(H,10,12);1-2H3;1H. The number of nitrogens with zero attached hydrogens (tertiary/aromatic N) is 1. The van der Waals surface area contributed by atoms with Gasteiger partial charge in [-0.25, -0.2) is 13.6 Å². The second kappa shape index (κ2) is 5.78. The van der Waals surface area contributed by atoms with Crippen LogP contribution in [0.15, 0.2) is 0 Å². The lowest BCUT2D eigenvalue weighted by Crippen LogP contribution is -2.48. The minimum Gasteiger partial charge on any atom is -0.341 e. The number of carbonyl (C=O) groups is 1. The first-order valence-electron chi connectivity index (χ1n) is 4.90. The van der Waals surface area contributed by atoms with E-state index in [9.17, 15) is 13.6 Å². The molecular weight excluding hydrogens is 190 g/mol. The molecule has 0 atom stereocenters. The van der Waals surface area contributed by atoms with Gasteiger partial charge >= 0.3 is 6.03 Å². The van der Waals surface area contributed by atoms with Gasteiger partial charge in [-0.05, 0) is 6.42 Å². The van der Waals surface area contributed by atoms with Crippen LogP contribution in [0.4, 0.5) is 13.6 Å². The lowest BCUT2D eigenvalue weighted by atomic mass is 10.1. The van der Waals surface area contributed by atoms with Crippen molar-refractivity contribution < 1.29 is 15.0 Å². The topological polar surface area (TPSA) is 32.3 Å². The number of likely N-dealkylation sites (tertiary alicyclic amines) is 1. The summed E-state index contributed by atoms with van der Waals surface area (Å²) in [5, 5.41) is 2.33. The second-order valence-electron chi connectivity index (χ2n) is 2.94. The van der Waals surface area contributed by atoms with Crippen molar-refractivity contribution in [2.24, 2.45) is 0 Å². The summed E-state index contributed by atoms with van der Waals surface area (Å²) in [7, 11) is 1.44. The maximum Gasteiger partial charge on any atom is 0.317 e. The Morgan fingerprint density at radius 1 is 1.50 bits per heavy atom. The largest absolute Gasteiger partial charge is 0.341 e. The zero-order valence-electron chi connectivity index (χ0n) is 8.94. The number of halogens is 2. The number of nitrogens with one attached hydrogen (secondary N) is 1. The van der Waals surface area contributed by atoms with Gasteiger partial charge in [0, 0.05) is 21.4 Å². The highest BCUT2D eigenvalue weighted by Gasteiger charge is 2.36. The fourth-order valence-corrected chi connectivity index (χ4v) is 1.30. The van der Waals surface area contributed by atoms with Crippen LogP contribution in [0.5, 0.6) is 0 Å². The lowest BCUT2D eigenvalue weighted by molar-refractivity contribution is -0.0521. The van der Waals surface area contributed by atoms with E-state index in [-0.39, 0.29) is 7.85 Å². The average molecular weight is 210 g/mol. The van der Waals surface area contributed by atoms with Gasteiger partial charge in [0.1, 0.15) is 0 Å². The Kier molecular flexibility index (Phi) is 5.42. The summed E-state index contributed by atoms with van der Waals surface area (Å²) in [4.78, 5) is 12.1. The molecular formula is C9H20F2N2O. The number of urea groups is 1. The molecule has 0 spiro atoms. The SMILES string of the molecule is CC.CNC(=O)N1CCCC(F)(F)C1.[HH]. The van der Waals surface area contributed by atoms with Crippen molar-refractivity contribution in [2.45, 2.75) is 32.6 Å². The van der Waals surface area contributed by atoms with E-state index in [0.717, 1.165) is 4.90 Å². The van der Waals surface area contributed by atoms with Crippen LogP contribution in [0.2, 0.25) is 0 Å². The molecule has 1 fully saturated rings. The molecule has 1 rings (SSSR count). The van der Waals surface area contributed by atoms with E-state index in [1.807, 2.05) is 13.8 Å².